The topological polar surface area (TPSA) is 49.4 Å². The van der Waals surface area contributed by atoms with Crippen LogP contribution in [-0.2, 0) is 15.0 Å². The number of nitrogens with one attached hydrogen (secondary N) is 1. The maximum Gasteiger partial charge on any atom is 0.226 e. The number of hydrogen-bond donors (Lipinski definition) is 1. The minimum atomic E-state index is -0.103. The van der Waals surface area contributed by atoms with Crippen LogP contribution in [0, 0.1) is 6.92 Å². The summed E-state index contributed by atoms with van der Waals surface area (Å²) in [6, 6.07) is 15.6. The molecule has 0 bridgehead atoms. The highest BCUT2D eigenvalue weighted by atomic mass is 16.2. The van der Waals surface area contributed by atoms with Crippen LogP contribution in [0.15, 0.2) is 48.5 Å². The Morgan fingerprint density at radius 1 is 1.00 bits per heavy atom. The van der Waals surface area contributed by atoms with Crippen molar-refractivity contribution in [1.29, 1.82) is 0 Å². The molecule has 2 aromatic carbocycles. The molecule has 0 fully saturated rings. The average Bonchev–Trinajstić information content (AvgIpc) is 2.56. The molecule has 0 heterocycles. The van der Waals surface area contributed by atoms with E-state index in [0.717, 1.165) is 16.9 Å². The maximum atomic E-state index is 12.3. The summed E-state index contributed by atoms with van der Waals surface area (Å²) in [5, 5.41) is 2.90. The van der Waals surface area contributed by atoms with Gasteiger partial charge in [-0.25, -0.2) is 0 Å². The van der Waals surface area contributed by atoms with E-state index < -0.39 is 0 Å². The van der Waals surface area contributed by atoms with Crippen LogP contribution in [0.3, 0.4) is 0 Å². The van der Waals surface area contributed by atoms with E-state index in [-0.39, 0.29) is 23.7 Å². The van der Waals surface area contributed by atoms with Crippen LogP contribution >= 0.6 is 0 Å². The van der Waals surface area contributed by atoms with Crippen LogP contribution in [-0.4, -0.2) is 18.4 Å². The molecule has 0 aliphatic rings. The predicted molar refractivity (Wildman–Crippen MR) is 108 cm³/mol. The number of anilines is 2. The fourth-order valence-corrected chi connectivity index (χ4v) is 2.80. The van der Waals surface area contributed by atoms with Gasteiger partial charge in [-0.3, -0.25) is 9.59 Å². The van der Waals surface area contributed by atoms with E-state index in [9.17, 15) is 9.59 Å². The molecule has 0 atom stereocenters. The molecule has 0 spiro atoms. The highest BCUT2D eigenvalue weighted by Gasteiger charge is 2.16. The zero-order chi connectivity index (χ0) is 19.3. The zero-order valence-corrected chi connectivity index (χ0v) is 16.3. The molecule has 0 aliphatic heterocycles. The smallest absolute Gasteiger partial charge is 0.226 e. The van der Waals surface area contributed by atoms with Gasteiger partial charge in [0.2, 0.25) is 11.8 Å². The molecule has 2 aromatic rings. The largest absolute Gasteiger partial charge is 0.326 e. The van der Waals surface area contributed by atoms with Crippen LogP contribution in [0.2, 0.25) is 0 Å². The van der Waals surface area contributed by atoms with Crippen molar-refractivity contribution >= 4 is 23.2 Å². The number of rotatable bonds is 5. The summed E-state index contributed by atoms with van der Waals surface area (Å²) in [6.07, 6.45) is 0.245. The standard InChI is InChI=1S/C22H28N2O2/c1-16-8-6-7-9-20(16)24(17(2)25)15-14-21(26)23-19-12-10-18(11-13-19)22(3,4)5/h6-13H,14-15H2,1-5H3,(H,23,26). The Morgan fingerprint density at radius 2 is 1.62 bits per heavy atom. The summed E-state index contributed by atoms with van der Waals surface area (Å²) in [6.45, 7) is 10.3. The average molecular weight is 352 g/mol. The SMILES string of the molecule is CC(=O)N(CCC(=O)Nc1ccc(C(C)(C)C)cc1)c1ccccc1C. The quantitative estimate of drug-likeness (QED) is 0.850. The molecule has 0 saturated carbocycles. The number of hydrogen-bond acceptors (Lipinski definition) is 2. The number of carbonyl (C=O) groups excluding carboxylic acids is 2. The van der Waals surface area contributed by atoms with Crippen LogP contribution in [0.25, 0.3) is 0 Å². The van der Waals surface area contributed by atoms with Crippen LogP contribution in [0.4, 0.5) is 11.4 Å². The van der Waals surface area contributed by atoms with Crippen LogP contribution in [0.1, 0.15) is 45.2 Å². The van der Waals surface area contributed by atoms with Crippen molar-refractivity contribution in [2.75, 3.05) is 16.8 Å². The normalized spacial score (nSPS) is 11.1. The minimum Gasteiger partial charge on any atom is -0.326 e. The Morgan fingerprint density at radius 3 is 2.15 bits per heavy atom. The van der Waals surface area contributed by atoms with Gasteiger partial charge in [0, 0.05) is 31.3 Å². The number of aryl methyl sites for hydroxylation is 1. The second-order valence-corrected chi connectivity index (χ2v) is 7.58. The second-order valence-electron chi connectivity index (χ2n) is 7.58. The highest BCUT2D eigenvalue weighted by Crippen LogP contribution is 2.24. The molecule has 26 heavy (non-hydrogen) atoms. The lowest BCUT2D eigenvalue weighted by Gasteiger charge is -2.23. The summed E-state index contributed by atoms with van der Waals surface area (Å²) in [7, 11) is 0. The molecule has 4 heteroatoms. The molecule has 0 unspecified atom stereocenters. The lowest BCUT2D eigenvalue weighted by atomic mass is 9.87. The van der Waals surface area contributed by atoms with Gasteiger partial charge in [-0.2, -0.15) is 0 Å². The van der Waals surface area contributed by atoms with Crippen LogP contribution in [0.5, 0.6) is 0 Å². The third kappa shape index (κ3) is 5.19. The number of benzene rings is 2. The third-order valence-electron chi connectivity index (χ3n) is 4.38. The fourth-order valence-electron chi connectivity index (χ4n) is 2.80. The van der Waals surface area contributed by atoms with Gasteiger partial charge in [-0.05, 0) is 41.7 Å². The Labute approximate surface area is 156 Å². The summed E-state index contributed by atoms with van der Waals surface area (Å²) in [4.78, 5) is 25.9. The van der Waals surface area contributed by atoms with Crippen molar-refractivity contribution in [2.24, 2.45) is 0 Å². The number of para-hydroxylation sites is 1. The first-order valence-electron chi connectivity index (χ1n) is 8.92. The Kier molecular flexibility index (Phi) is 6.19. The first-order valence-corrected chi connectivity index (χ1v) is 8.92. The van der Waals surface area contributed by atoms with Crippen molar-refractivity contribution in [3.63, 3.8) is 0 Å². The minimum absolute atomic E-state index is 0.0679. The van der Waals surface area contributed by atoms with Gasteiger partial charge >= 0.3 is 0 Å². The second kappa shape index (κ2) is 8.17. The van der Waals surface area contributed by atoms with Gasteiger partial charge in [-0.15, -0.1) is 0 Å². The maximum absolute atomic E-state index is 12.3. The molecule has 0 saturated heterocycles. The van der Waals surface area contributed by atoms with Crippen molar-refractivity contribution in [2.45, 2.75) is 46.5 Å². The van der Waals surface area contributed by atoms with Gasteiger partial charge < -0.3 is 10.2 Å². The zero-order valence-electron chi connectivity index (χ0n) is 16.3. The first-order chi connectivity index (χ1) is 12.2. The first kappa shape index (κ1) is 19.7. The molecular weight excluding hydrogens is 324 g/mol. The van der Waals surface area contributed by atoms with Gasteiger partial charge in [0.05, 0.1) is 0 Å². The number of carbonyl (C=O) groups is 2. The third-order valence-corrected chi connectivity index (χ3v) is 4.38. The number of nitrogens with zero attached hydrogens (tertiary/aromatic N) is 1. The van der Waals surface area contributed by atoms with E-state index in [1.165, 1.54) is 12.5 Å². The summed E-state index contributed by atoms with van der Waals surface area (Å²) < 4.78 is 0. The molecule has 2 amide bonds. The fraction of sp³-hybridized carbons (Fsp3) is 0.364. The number of amides is 2. The summed E-state index contributed by atoms with van der Waals surface area (Å²) >= 11 is 0. The Hall–Kier alpha value is -2.62. The molecule has 0 aromatic heterocycles. The summed E-state index contributed by atoms with van der Waals surface area (Å²) in [5.74, 6) is -0.171. The van der Waals surface area contributed by atoms with Crippen molar-refractivity contribution in [3.8, 4) is 0 Å². The summed E-state index contributed by atoms with van der Waals surface area (Å²) in [5.41, 5.74) is 3.94. The van der Waals surface area contributed by atoms with Gasteiger partial charge in [0.15, 0.2) is 0 Å². The lowest BCUT2D eigenvalue weighted by molar-refractivity contribution is -0.117. The Balaban J connectivity index is 1.99. The van der Waals surface area contributed by atoms with Crippen LogP contribution < -0.4 is 10.2 Å². The van der Waals surface area contributed by atoms with E-state index in [2.05, 4.69) is 26.1 Å². The van der Waals surface area contributed by atoms with E-state index in [0.29, 0.717) is 6.54 Å². The molecule has 1 N–H and O–H groups in total. The van der Waals surface area contributed by atoms with Crippen molar-refractivity contribution < 1.29 is 9.59 Å². The van der Waals surface area contributed by atoms with Crippen molar-refractivity contribution in [3.05, 3.63) is 59.7 Å². The molecule has 4 nitrogen and oxygen atoms in total. The predicted octanol–water partition coefficient (Wildman–Crippen LogP) is 4.67. The van der Waals surface area contributed by atoms with E-state index in [4.69, 9.17) is 0 Å². The molecule has 2 rings (SSSR count). The van der Waals surface area contributed by atoms with E-state index in [1.807, 2.05) is 55.5 Å². The monoisotopic (exact) mass is 352 g/mol. The van der Waals surface area contributed by atoms with Crippen molar-refractivity contribution in [1.82, 2.24) is 0 Å². The lowest BCUT2D eigenvalue weighted by Crippen LogP contribution is -2.32. The van der Waals surface area contributed by atoms with E-state index >= 15 is 0 Å². The molecule has 0 aliphatic carbocycles. The highest BCUT2D eigenvalue weighted by molar-refractivity contribution is 5.95. The van der Waals surface area contributed by atoms with Gasteiger partial charge in [0.1, 0.15) is 0 Å². The Bertz CT molecular complexity index is 773. The van der Waals surface area contributed by atoms with Gasteiger partial charge in [0.25, 0.3) is 0 Å². The molecule has 138 valence electrons. The molecular formula is C22H28N2O2. The van der Waals surface area contributed by atoms with E-state index in [1.54, 1.807) is 4.90 Å². The molecule has 0 radical (unpaired) electrons. The van der Waals surface area contributed by atoms with Gasteiger partial charge in [-0.1, -0.05) is 51.1 Å².